The van der Waals surface area contributed by atoms with Crippen molar-refractivity contribution in [1.82, 2.24) is 5.32 Å². The second kappa shape index (κ2) is 8.38. The SMILES string of the molecule is CS(=O)(=O)CCCC(NC(=O)OCc1ccccc1)C(=O)O. The van der Waals surface area contributed by atoms with Crippen molar-refractivity contribution in [2.75, 3.05) is 12.0 Å². The molecule has 0 saturated carbocycles. The average molecular weight is 329 g/mol. The number of hydrogen-bond donors (Lipinski definition) is 2. The van der Waals surface area contributed by atoms with Gasteiger partial charge in [0.15, 0.2) is 0 Å². The highest BCUT2D eigenvalue weighted by Gasteiger charge is 2.21. The number of benzene rings is 1. The third-order valence-corrected chi connectivity index (χ3v) is 3.84. The molecule has 1 aromatic rings. The van der Waals surface area contributed by atoms with Gasteiger partial charge in [0.1, 0.15) is 22.5 Å². The van der Waals surface area contributed by atoms with Crippen LogP contribution in [0.4, 0.5) is 4.79 Å². The highest BCUT2D eigenvalue weighted by atomic mass is 32.2. The molecule has 0 saturated heterocycles. The van der Waals surface area contributed by atoms with Crippen molar-refractivity contribution in [2.24, 2.45) is 0 Å². The Morgan fingerprint density at radius 2 is 1.91 bits per heavy atom. The third kappa shape index (κ3) is 7.63. The van der Waals surface area contributed by atoms with Crippen LogP contribution in [0, 0.1) is 0 Å². The van der Waals surface area contributed by atoms with Crippen molar-refractivity contribution in [1.29, 1.82) is 0 Å². The number of hydrogen-bond acceptors (Lipinski definition) is 5. The zero-order chi connectivity index (χ0) is 16.6. The first-order valence-corrected chi connectivity index (χ1v) is 8.72. The van der Waals surface area contributed by atoms with E-state index in [9.17, 15) is 18.0 Å². The summed E-state index contributed by atoms with van der Waals surface area (Å²) >= 11 is 0. The lowest BCUT2D eigenvalue weighted by atomic mass is 10.2. The number of carboxylic acid groups (broad SMARTS) is 1. The molecule has 1 aromatic carbocycles. The van der Waals surface area contributed by atoms with Gasteiger partial charge in [-0.05, 0) is 18.4 Å². The third-order valence-electron chi connectivity index (χ3n) is 2.81. The number of alkyl carbamates (subject to hydrolysis) is 1. The van der Waals surface area contributed by atoms with Crippen LogP contribution in [0.15, 0.2) is 30.3 Å². The van der Waals surface area contributed by atoms with E-state index < -0.39 is 27.9 Å². The summed E-state index contributed by atoms with van der Waals surface area (Å²) in [5.74, 6) is -1.36. The molecule has 1 amide bonds. The molecule has 8 heteroatoms. The topological polar surface area (TPSA) is 110 Å². The number of ether oxygens (including phenoxy) is 1. The molecule has 0 heterocycles. The van der Waals surface area contributed by atoms with Gasteiger partial charge in [-0.3, -0.25) is 0 Å². The number of carboxylic acids is 1. The molecular formula is C14H19NO6S. The summed E-state index contributed by atoms with van der Waals surface area (Å²) in [6, 6.07) is 7.78. The van der Waals surface area contributed by atoms with Crippen LogP contribution < -0.4 is 5.32 Å². The number of carbonyl (C=O) groups is 2. The number of nitrogens with one attached hydrogen (secondary N) is 1. The maximum absolute atomic E-state index is 11.6. The van der Waals surface area contributed by atoms with Gasteiger partial charge in [-0.2, -0.15) is 0 Å². The summed E-state index contributed by atoms with van der Waals surface area (Å²) in [5.41, 5.74) is 0.779. The van der Waals surface area contributed by atoms with Gasteiger partial charge in [0, 0.05) is 12.0 Å². The number of rotatable bonds is 8. The quantitative estimate of drug-likeness (QED) is 0.741. The van der Waals surface area contributed by atoms with Crippen LogP contribution >= 0.6 is 0 Å². The minimum absolute atomic E-state index is 0.0167. The monoisotopic (exact) mass is 329 g/mol. The lowest BCUT2D eigenvalue weighted by molar-refractivity contribution is -0.139. The number of amides is 1. The number of carbonyl (C=O) groups excluding carboxylic acids is 1. The van der Waals surface area contributed by atoms with Crippen LogP contribution in [0.25, 0.3) is 0 Å². The normalized spacial score (nSPS) is 12.4. The van der Waals surface area contributed by atoms with Crippen molar-refractivity contribution < 1.29 is 27.9 Å². The Hall–Kier alpha value is -2.09. The van der Waals surface area contributed by atoms with E-state index in [1.165, 1.54) is 0 Å². The van der Waals surface area contributed by atoms with Gasteiger partial charge in [-0.25, -0.2) is 18.0 Å². The van der Waals surface area contributed by atoms with E-state index in [-0.39, 0.29) is 25.2 Å². The van der Waals surface area contributed by atoms with Gasteiger partial charge in [0.2, 0.25) is 0 Å². The van der Waals surface area contributed by atoms with Gasteiger partial charge in [-0.15, -0.1) is 0 Å². The van der Waals surface area contributed by atoms with E-state index in [0.29, 0.717) is 0 Å². The number of aliphatic carboxylic acids is 1. The first-order chi connectivity index (χ1) is 10.3. The van der Waals surface area contributed by atoms with E-state index in [4.69, 9.17) is 9.84 Å². The zero-order valence-electron chi connectivity index (χ0n) is 12.2. The van der Waals surface area contributed by atoms with Crippen LogP contribution in [0.2, 0.25) is 0 Å². The lowest BCUT2D eigenvalue weighted by Crippen LogP contribution is -2.41. The summed E-state index contributed by atoms with van der Waals surface area (Å²) in [4.78, 5) is 22.6. The Balaban J connectivity index is 2.42. The molecule has 0 bridgehead atoms. The minimum Gasteiger partial charge on any atom is -0.480 e. The molecule has 1 rings (SSSR count). The highest BCUT2D eigenvalue weighted by Crippen LogP contribution is 2.03. The van der Waals surface area contributed by atoms with E-state index in [0.717, 1.165) is 11.8 Å². The van der Waals surface area contributed by atoms with Crippen LogP contribution in [0.3, 0.4) is 0 Å². The van der Waals surface area contributed by atoms with Crippen molar-refractivity contribution in [3.8, 4) is 0 Å². The molecule has 7 nitrogen and oxygen atoms in total. The van der Waals surface area contributed by atoms with Gasteiger partial charge >= 0.3 is 12.1 Å². The molecule has 0 aliphatic carbocycles. The maximum atomic E-state index is 11.6. The van der Waals surface area contributed by atoms with Gasteiger partial charge in [0.05, 0.1) is 0 Å². The lowest BCUT2D eigenvalue weighted by Gasteiger charge is -2.14. The van der Waals surface area contributed by atoms with Crippen molar-refractivity contribution in [3.63, 3.8) is 0 Å². The van der Waals surface area contributed by atoms with E-state index in [2.05, 4.69) is 5.32 Å². The van der Waals surface area contributed by atoms with Crippen LogP contribution in [-0.2, 0) is 26.0 Å². The fraction of sp³-hybridized carbons (Fsp3) is 0.429. The fourth-order valence-corrected chi connectivity index (χ4v) is 2.41. The summed E-state index contributed by atoms with van der Waals surface area (Å²) in [7, 11) is -3.16. The predicted octanol–water partition coefficient (Wildman–Crippen LogP) is 1.19. The summed E-state index contributed by atoms with van der Waals surface area (Å²) < 4.78 is 26.9. The number of sulfone groups is 1. The predicted molar refractivity (Wildman–Crippen MR) is 80.1 cm³/mol. The van der Waals surface area contributed by atoms with Crippen molar-refractivity contribution in [2.45, 2.75) is 25.5 Å². The van der Waals surface area contributed by atoms with Crippen LogP contribution in [-0.4, -0.2) is 43.6 Å². The summed E-state index contributed by atoms with van der Waals surface area (Å²) in [5, 5.41) is 11.2. The van der Waals surface area contributed by atoms with Crippen LogP contribution in [0.1, 0.15) is 18.4 Å². The molecular weight excluding hydrogens is 310 g/mol. The Morgan fingerprint density at radius 3 is 2.45 bits per heavy atom. The molecule has 0 aliphatic rings. The van der Waals surface area contributed by atoms with Crippen molar-refractivity contribution in [3.05, 3.63) is 35.9 Å². The molecule has 2 N–H and O–H groups in total. The van der Waals surface area contributed by atoms with E-state index in [1.54, 1.807) is 24.3 Å². The first-order valence-electron chi connectivity index (χ1n) is 6.65. The summed E-state index contributed by atoms with van der Waals surface area (Å²) in [6.45, 7) is 0.0301. The standard InChI is InChI=1S/C14H19NO6S/c1-22(19,20)9-5-8-12(13(16)17)15-14(18)21-10-11-6-3-2-4-7-11/h2-4,6-7,12H,5,8-10H2,1H3,(H,15,18)(H,16,17). The Labute approximate surface area is 129 Å². The largest absolute Gasteiger partial charge is 0.480 e. The van der Waals surface area contributed by atoms with E-state index >= 15 is 0 Å². The second-order valence-corrected chi connectivity index (χ2v) is 7.13. The molecule has 0 aliphatic heterocycles. The highest BCUT2D eigenvalue weighted by molar-refractivity contribution is 7.90. The minimum atomic E-state index is -3.16. The molecule has 22 heavy (non-hydrogen) atoms. The summed E-state index contributed by atoms with van der Waals surface area (Å²) in [6.07, 6.45) is 0.387. The molecule has 122 valence electrons. The molecule has 0 radical (unpaired) electrons. The second-order valence-electron chi connectivity index (χ2n) is 4.87. The first kappa shape index (κ1) is 18.0. The molecule has 0 aromatic heterocycles. The smallest absolute Gasteiger partial charge is 0.408 e. The van der Waals surface area contributed by atoms with Gasteiger partial charge in [0.25, 0.3) is 0 Å². The maximum Gasteiger partial charge on any atom is 0.408 e. The fourth-order valence-electron chi connectivity index (χ4n) is 1.71. The molecule has 1 atom stereocenters. The van der Waals surface area contributed by atoms with E-state index in [1.807, 2.05) is 6.07 Å². The van der Waals surface area contributed by atoms with Gasteiger partial charge in [-0.1, -0.05) is 30.3 Å². The van der Waals surface area contributed by atoms with Crippen LogP contribution in [0.5, 0.6) is 0 Å². The molecule has 0 fully saturated rings. The van der Waals surface area contributed by atoms with Crippen molar-refractivity contribution >= 4 is 21.9 Å². The average Bonchev–Trinajstić information content (AvgIpc) is 2.43. The Bertz CT molecular complexity index is 599. The molecule has 1 unspecified atom stereocenters. The zero-order valence-corrected chi connectivity index (χ0v) is 13.0. The Kier molecular flexibility index (Phi) is 6.84. The Morgan fingerprint density at radius 1 is 1.27 bits per heavy atom. The molecule has 0 spiro atoms. The van der Waals surface area contributed by atoms with Gasteiger partial charge < -0.3 is 15.2 Å².